The smallest absolute Gasteiger partial charge is 0.0552 e. The van der Waals surface area contributed by atoms with Crippen molar-refractivity contribution in [2.75, 3.05) is 13.2 Å². The number of hydrogen-bond acceptors (Lipinski definition) is 2. The Labute approximate surface area is 108 Å². The molecular formula is C14H19ClO2. The van der Waals surface area contributed by atoms with Gasteiger partial charge in [-0.3, -0.25) is 0 Å². The van der Waals surface area contributed by atoms with Gasteiger partial charge in [-0.05, 0) is 49.3 Å². The number of halogens is 1. The zero-order chi connectivity index (χ0) is 12.3. The highest BCUT2D eigenvalue weighted by Crippen LogP contribution is 2.32. The summed E-state index contributed by atoms with van der Waals surface area (Å²) < 4.78 is 5.36. The van der Waals surface area contributed by atoms with Crippen LogP contribution in [0.1, 0.15) is 36.8 Å². The van der Waals surface area contributed by atoms with E-state index < -0.39 is 0 Å². The Morgan fingerprint density at radius 1 is 1.41 bits per heavy atom. The molecule has 0 bridgehead atoms. The molecule has 1 aromatic rings. The van der Waals surface area contributed by atoms with Crippen LogP contribution in [0.15, 0.2) is 18.2 Å². The average Bonchev–Trinajstić information content (AvgIpc) is 2.29. The third-order valence-electron chi connectivity index (χ3n) is 3.26. The van der Waals surface area contributed by atoms with Crippen molar-refractivity contribution >= 4 is 11.6 Å². The summed E-state index contributed by atoms with van der Waals surface area (Å²) in [6.07, 6.45) is 2.44. The minimum absolute atomic E-state index is 0.319. The van der Waals surface area contributed by atoms with Crippen molar-refractivity contribution in [2.24, 2.45) is 0 Å². The standard InChI is InChI=1S/C14H19ClO2/c1-10(16)8-11-2-3-13(14(15)9-11)12-4-6-17-7-5-12/h2-3,9-10,12,16H,4-8H2,1H3. The lowest BCUT2D eigenvalue weighted by atomic mass is 9.90. The summed E-state index contributed by atoms with van der Waals surface area (Å²) in [5.74, 6) is 0.525. The van der Waals surface area contributed by atoms with Gasteiger partial charge in [0.25, 0.3) is 0 Å². The lowest BCUT2D eigenvalue weighted by Gasteiger charge is -2.23. The largest absolute Gasteiger partial charge is 0.393 e. The van der Waals surface area contributed by atoms with Crippen molar-refractivity contribution in [1.82, 2.24) is 0 Å². The van der Waals surface area contributed by atoms with Crippen molar-refractivity contribution in [3.63, 3.8) is 0 Å². The Hall–Kier alpha value is -0.570. The first-order valence-electron chi connectivity index (χ1n) is 6.21. The maximum atomic E-state index is 9.36. The van der Waals surface area contributed by atoms with E-state index >= 15 is 0 Å². The molecule has 1 aliphatic heterocycles. The van der Waals surface area contributed by atoms with Crippen LogP contribution in [-0.4, -0.2) is 24.4 Å². The van der Waals surface area contributed by atoms with Crippen molar-refractivity contribution in [3.05, 3.63) is 34.3 Å². The first-order chi connectivity index (χ1) is 8.16. The second-order valence-electron chi connectivity index (χ2n) is 4.80. The fraction of sp³-hybridized carbons (Fsp3) is 0.571. The third-order valence-corrected chi connectivity index (χ3v) is 3.58. The number of ether oxygens (including phenoxy) is 1. The zero-order valence-electron chi connectivity index (χ0n) is 10.2. The summed E-state index contributed by atoms with van der Waals surface area (Å²) in [7, 11) is 0. The molecule has 0 saturated carbocycles. The molecule has 0 spiro atoms. The van der Waals surface area contributed by atoms with Crippen LogP contribution < -0.4 is 0 Å². The molecule has 3 heteroatoms. The first-order valence-corrected chi connectivity index (χ1v) is 6.58. The molecule has 17 heavy (non-hydrogen) atoms. The highest BCUT2D eigenvalue weighted by atomic mass is 35.5. The molecule has 2 nitrogen and oxygen atoms in total. The fourth-order valence-corrected chi connectivity index (χ4v) is 2.74. The van der Waals surface area contributed by atoms with Gasteiger partial charge in [-0.2, -0.15) is 0 Å². The van der Waals surface area contributed by atoms with E-state index in [-0.39, 0.29) is 6.10 Å². The van der Waals surface area contributed by atoms with Gasteiger partial charge in [0.15, 0.2) is 0 Å². The van der Waals surface area contributed by atoms with Crippen LogP contribution >= 0.6 is 11.6 Å². The van der Waals surface area contributed by atoms with Gasteiger partial charge >= 0.3 is 0 Å². The van der Waals surface area contributed by atoms with E-state index in [2.05, 4.69) is 12.1 Å². The van der Waals surface area contributed by atoms with Crippen molar-refractivity contribution in [1.29, 1.82) is 0 Å². The van der Waals surface area contributed by atoms with E-state index in [0.717, 1.165) is 36.6 Å². The summed E-state index contributed by atoms with van der Waals surface area (Å²) in [5.41, 5.74) is 2.32. The Morgan fingerprint density at radius 3 is 2.71 bits per heavy atom. The topological polar surface area (TPSA) is 29.5 Å². The van der Waals surface area contributed by atoms with Crippen LogP contribution in [0.5, 0.6) is 0 Å². The monoisotopic (exact) mass is 254 g/mol. The van der Waals surface area contributed by atoms with Crippen LogP contribution in [0.25, 0.3) is 0 Å². The quantitative estimate of drug-likeness (QED) is 0.898. The van der Waals surface area contributed by atoms with E-state index in [1.54, 1.807) is 6.92 Å². The van der Waals surface area contributed by atoms with Crippen LogP contribution in [0.2, 0.25) is 5.02 Å². The van der Waals surface area contributed by atoms with E-state index in [0.29, 0.717) is 12.3 Å². The van der Waals surface area contributed by atoms with Gasteiger partial charge < -0.3 is 9.84 Å². The van der Waals surface area contributed by atoms with Gasteiger partial charge in [0.05, 0.1) is 6.10 Å². The lowest BCUT2D eigenvalue weighted by molar-refractivity contribution is 0.0853. The molecular weight excluding hydrogens is 236 g/mol. The molecule has 0 amide bonds. The number of rotatable bonds is 3. The summed E-state index contributed by atoms with van der Waals surface area (Å²) >= 11 is 6.32. The maximum absolute atomic E-state index is 9.36. The summed E-state index contributed by atoms with van der Waals surface area (Å²) in [5, 5.41) is 10.2. The molecule has 1 aromatic carbocycles. The second kappa shape index (κ2) is 5.85. The summed E-state index contributed by atoms with van der Waals surface area (Å²) in [6.45, 7) is 3.45. The molecule has 1 N–H and O–H groups in total. The molecule has 0 radical (unpaired) electrons. The Morgan fingerprint density at radius 2 is 2.12 bits per heavy atom. The number of aliphatic hydroxyl groups is 1. The average molecular weight is 255 g/mol. The molecule has 1 heterocycles. The van der Waals surface area contributed by atoms with Crippen molar-refractivity contribution < 1.29 is 9.84 Å². The molecule has 0 aromatic heterocycles. The molecule has 94 valence electrons. The van der Waals surface area contributed by atoms with Gasteiger partial charge in [0.1, 0.15) is 0 Å². The molecule has 1 saturated heterocycles. The number of hydrogen-bond donors (Lipinski definition) is 1. The van der Waals surface area contributed by atoms with Crippen molar-refractivity contribution in [3.8, 4) is 0 Å². The van der Waals surface area contributed by atoms with E-state index in [1.807, 2.05) is 6.07 Å². The summed E-state index contributed by atoms with van der Waals surface area (Å²) in [4.78, 5) is 0. The SMILES string of the molecule is CC(O)Cc1ccc(C2CCOCC2)c(Cl)c1. The lowest BCUT2D eigenvalue weighted by Crippen LogP contribution is -2.14. The van der Waals surface area contributed by atoms with Crippen LogP contribution in [0.3, 0.4) is 0 Å². The minimum Gasteiger partial charge on any atom is -0.393 e. The van der Waals surface area contributed by atoms with Gasteiger partial charge in [-0.1, -0.05) is 23.7 Å². The minimum atomic E-state index is -0.319. The van der Waals surface area contributed by atoms with Crippen LogP contribution in [0, 0.1) is 0 Å². The van der Waals surface area contributed by atoms with Crippen LogP contribution in [0.4, 0.5) is 0 Å². The molecule has 1 atom stereocenters. The molecule has 1 unspecified atom stereocenters. The Balaban J connectivity index is 2.13. The Bertz CT molecular complexity index is 370. The zero-order valence-corrected chi connectivity index (χ0v) is 10.9. The molecule has 0 aliphatic carbocycles. The van der Waals surface area contributed by atoms with E-state index in [4.69, 9.17) is 16.3 Å². The van der Waals surface area contributed by atoms with Gasteiger partial charge in [0, 0.05) is 18.2 Å². The molecule has 1 aliphatic rings. The second-order valence-corrected chi connectivity index (χ2v) is 5.20. The summed E-state index contributed by atoms with van der Waals surface area (Å²) in [6, 6.07) is 6.17. The van der Waals surface area contributed by atoms with Gasteiger partial charge in [0.2, 0.25) is 0 Å². The Kier molecular flexibility index (Phi) is 4.43. The molecule has 2 rings (SSSR count). The fourth-order valence-electron chi connectivity index (χ4n) is 2.38. The van der Waals surface area contributed by atoms with Gasteiger partial charge in [-0.15, -0.1) is 0 Å². The van der Waals surface area contributed by atoms with E-state index in [9.17, 15) is 5.11 Å². The third kappa shape index (κ3) is 3.44. The predicted octanol–water partition coefficient (Wildman–Crippen LogP) is 3.16. The van der Waals surface area contributed by atoms with Crippen LogP contribution in [-0.2, 0) is 11.2 Å². The first kappa shape index (κ1) is 12.9. The number of aliphatic hydroxyl groups excluding tert-OH is 1. The van der Waals surface area contributed by atoms with E-state index in [1.165, 1.54) is 5.56 Å². The van der Waals surface area contributed by atoms with Gasteiger partial charge in [-0.25, -0.2) is 0 Å². The highest BCUT2D eigenvalue weighted by Gasteiger charge is 2.18. The highest BCUT2D eigenvalue weighted by molar-refractivity contribution is 6.31. The number of benzene rings is 1. The molecule has 1 fully saturated rings. The normalized spacial score (nSPS) is 19.2. The van der Waals surface area contributed by atoms with Crippen molar-refractivity contribution in [2.45, 2.75) is 38.2 Å². The predicted molar refractivity (Wildman–Crippen MR) is 69.6 cm³/mol. The maximum Gasteiger partial charge on any atom is 0.0552 e.